The summed E-state index contributed by atoms with van der Waals surface area (Å²) in [5.41, 5.74) is 5.31. The standard InChI is InChI=1S/C11H25NO2/c1-4-10(2)9-14-11(3)5-7-13-8-6-12/h10-11H,4-9,12H2,1-3H3/t10-,11?/m1/s1. The molecule has 0 spiro atoms. The van der Waals surface area contributed by atoms with Crippen LogP contribution in [0.1, 0.15) is 33.6 Å². The highest BCUT2D eigenvalue weighted by atomic mass is 16.5. The molecule has 0 radical (unpaired) electrons. The Hall–Kier alpha value is -0.120. The minimum absolute atomic E-state index is 0.293. The van der Waals surface area contributed by atoms with Gasteiger partial charge in [0, 0.05) is 19.8 Å². The predicted octanol–water partition coefficient (Wildman–Crippen LogP) is 1.80. The molecular formula is C11H25NO2. The maximum atomic E-state index is 5.66. The first-order valence-electron chi connectivity index (χ1n) is 5.60. The molecule has 0 bridgehead atoms. The first kappa shape index (κ1) is 13.9. The summed E-state index contributed by atoms with van der Waals surface area (Å²) in [4.78, 5) is 0. The third-order valence-corrected chi connectivity index (χ3v) is 2.29. The summed E-state index contributed by atoms with van der Waals surface area (Å²) in [6.45, 7) is 9.34. The average molecular weight is 203 g/mol. The van der Waals surface area contributed by atoms with Gasteiger partial charge in [0.2, 0.25) is 0 Å². The Morgan fingerprint density at radius 3 is 2.50 bits per heavy atom. The van der Waals surface area contributed by atoms with Crippen LogP contribution in [0.5, 0.6) is 0 Å². The van der Waals surface area contributed by atoms with Crippen LogP contribution in [-0.4, -0.2) is 32.5 Å². The zero-order chi connectivity index (χ0) is 10.8. The molecule has 0 aromatic carbocycles. The van der Waals surface area contributed by atoms with E-state index in [9.17, 15) is 0 Å². The Balaban J connectivity index is 3.23. The maximum absolute atomic E-state index is 5.66. The summed E-state index contributed by atoms with van der Waals surface area (Å²) in [6.07, 6.45) is 2.43. The maximum Gasteiger partial charge on any atom is 0.0588 e. The Morgan fingerprint density at radius 2 is 1.93 bits per heavy atom. The van der Waals surface area contributed by atoms with Gasteiger partial charge >= 0.3 is 0 Å². The first-order valence-corrected chi connectivity index (χ1v) is 5.60. The summed E-state index contributed by atoms with van der Waals surface area (Å²) in [5.74, 6) is 0.655. The molecule has 1 unspecified atom stereocenters. The molecule has 2 N–H and O–H groups in total. The highest BCUT2D eigenvalue weighted by Crippen LogP contribution is 2.05. The normalized spacial score (nSPS) is 15.4. The van der Waals surface area contributed by atoms with Crippen molar-refractivity contribution >= 4 is 0 Å². The van der Waals surface area contributed by atoms with Crippen molar-refractivity contribution in [3.05, 3.63) is 0 Å². The zero-order valence-electron chi connectivity index (χ0n) is 9.79. The van der Waals surface area contributed by atoms with Crippen LogP contribution >= 0.6 is 0 Å². The molecule has 0 aliphatic rings. The van der Waals surface area contributed by atoms with E-state index in [-0.39, 0.29) is 0 Å². The summed E-state index contributed by atoms with van der Waals surface area (Å²) in [6, 6.07) is 0. The number of hydrogen-bond donors (Lipinski definition) is 1. The van der Waals surface area contributed by atoms with Crippen LogP contribution in [0.3, 0.4) is 0 Å². The van der Waals surface area contributed by atoms with Gasteiger partial charge in [-0.2, -0.15) is 0 Å². The fourth-order valence-corrected chi connectivity index (χ4v) is 0.964. The van der Waals surface area contributed by atoms with Crippen LogP contribution in [-0.2, 0) is 9.47 Å². The van der Waals surface area contributed by atoms with Gasteiger partial charge in [-0.15, -0.1) is 0 Å². The second-order valence-corrected chi connectivity index (χ2v) is 3.85. The van der Waals surface area contributed by atoms with Gasteiger partial charge in [-0.05, 0) is 19.3 Å². The van der Waals surface area contributed by atoms with Gasteiger partial charge in [0.25, 0.3) is 0 Å². The molecule has 0 amide bonds. The van der Waals surface area contributed by atoms with Gasteiger partial charge in [-0.1, -0.05) is 20.3 Å². The van der Waals surface area contributed by atoms with E-state index >= 15 is 0 Å². The lowest BCUT2D eigenvalue weighted by Crippen LogP contribution is -2.17. The second-order valence-electron chi connectivity index (χ2n) is 3.85. The van der Waals surface area contributed by atoms with Gasteiger partial charge in [0.15, 0.2) is 0 Å². The number of ether oxygens (including phenoxy) is 2. The van der Waals surface area contributed by atoms with E-state index in [1.165, 1.54) is 6.42 Å². The summed E-state index contributed by atoms with van der Waals surface area (Å²) < 4.78 is 10.9. The van der Waals surface area contributed by atoms with Crippen LogP contribution in [0.15, 0.2) is 0 Å². The quantitative estimate of drug-likeness (QED) is 0.581. The van der Waals surface area contributed by atoms with E-state index in [2.05, 4.69) is 20.8 Å². The van der Waals surface area contributed by atoms with E-state index < -0.39 is 0 Å². The highest BCUT2D eigenvalue weighted by Gasteiger charge is 2.04. The lowest BCUT2D eigenvalue weighted by atomic mass is 10.1. The molecule has 0 heterocycles. The van der Waals surface area contributed by atoms with Gasteiger partial charge in [0.05, 0.1) is 12.7 Å². The van der Waals surface area contributed by atoms with Gasteiger partial charge in [-0.25, -0.2) is 0 Å². The predicted molar refractivity (Wildman–Crippen MR) is 59.4 cm³/mol. The van der Waals surface area contributed by atoms with Crippen molar-refractivity contribution in [1.82, 2.24) is 0 Å². The minimum atomic E-state index is 0.293. The van der Waals surface area contributed by atoms with Crippen LogP contribution in [0.4, 0.5) is 0 Å². The molecule has 0 aromatic heterocycles. The van der Waals surface area contributed by atoms with Crippen molar-refractivity contribution in [2.24, 2.45) is 11.7 Å². The molecule has 0 fully saturated rings. The second kappa shape index (κ2) is 9.44. The van der Waals surface area contributed by atoms with Gasteiger partial charge < -0.3 is 15.2 Å². The molecule has 3 heteroatoms. The molecule has 0 saturated heterocycles. The Labute approximate surface area is 88.0 Å². The van der Waals surface area contributed by atoms with Crippen molar-refractivity contribution in [3.8, 4) is 0 Å². The summed E-state index contributed by atoms with van der Waals surface area (Å²) in [5, 5.41) is 0. The van der Waals surface area contributed by atoms with E-state index in [1.807, 2.05) is 0 Å². The molecular weight excluding hydrogens is 178 g/mol. The topological polar surface area (TPSA) is 44.5 Å². The Morgan fingerprint density at radius 1 is 1.21 bits per heavy atom. The fraction of sp³-hybridized carbons (Fsp3) is 1.00. The molecule has 2 atom stereocenters. The van der Waals surface area contributed by atoms with Crippen molar-refractivity contribution < 1.29 is 9.47 Å². The third kappa shape index (κ3) is 8.48. The van der Waals surface area contributed by atoms with Crippen LogP contribution in [0.2, 0.25) is 0 Å². The third-order valence-electron chi connectivity index (χ3n) is 2.29. The monoisotopic (exact) mass is 203 g/mol. The fourth-order valence-electron chi connectivity index (χ4n) is 0.964. The van der Waals surface area contributed by atoms with Crippen LogP contribution in [0.25, 0.3) is 0 Å². The molecule has 0 aliphatic carbocycles. The largest absolute Gasteiger partial charge is 0.380 e. The van der Waals surface area contributed by atoms with Crippen molar-refractivity contribution in [2.75, 3.05) is 26.4 Å². The van der Waals surface area contributed by atoms with Gasteiger partial charge in [0.1, 0.15) is 0 Å². The van der Waals surface area contributed by atoms with E-state index in [4.69, 9.17) is 15.2 Å². The molecule has 86 valence electrons. The Bertz CT molecular complexity index is 120. The van der Waals surface area contributed by atoms with Crippen LogP contribution in [0, 0.1) is 5.92 Å². The smallest absolute Gasteiger partial charge is 0.0588 e. The van der Waals surface area contributed by atoms with Crippen molar-refractivity contribution in [3.63, 3.8) is 0 Å². The molecule has 0 rings (SSSR count). The molecule has 0 saturated carbocycles. The number of rotatable bonds is 9. The van der Waals surface area contributed by atoms with Gasteiger partial charge in [-0.3, -0.25) is 0 Å². The van der Waals surface area contributed by atoms with Crippen molar-refractivity contribution in [1.29, 1.82) is 0 Å². The number of nitrogens with two attached hydrogens (primary N) is 1. The lowest BCUT2D eigenvalue weighted by molar-refractivity contribution is 0.0172. The SMILES string of the molecule is CC[C@@H](C)COC(C)CCOCCN. The highest BCUT2D eigenvalue weighted by molar-refractivity contribution is 4.53. The number of hydrogen-bond acceptors (Lipinski definition) is 3. The van der Waals surface area contributed by atoms with Crippen LogP contribution < -0.4 is 5.73 Å². The van der Waals surface area contributed by atoms with E-state index in [0.29, 0.717) is 25.2 Å². The molecule has 0 aromatic rings. The lowest BCUT2D eigenvalue weighted by Gasteiger charge is -2.15. The molecule has 14 heavy (non-hydrogen) atoms. The molecule has 0 aliphatic heterocycles. The first-order chi connectivity index (χ1) is 6.70. The van der Waals surface area contributed by atoms with Crippen molar-refractivity contribution in [2.45, 2.75) is 39.7 Å². The van der Waals surface area contributed by atoms with E-state index in [0.717, 1.165) is 19.6 Å². The van der Waals surface area contributed by atoms with E-state index in [1.54, 1.807) is 0 Å². The summed E-state index contributed by atoms with van der Waals surface area (Å²) >= 11 is 0. The summed E-state index contributed by atoms with van der Waals surface area (Å²) in [7, 11) is 0. The zero-order valence-corrected chi connectivity index (χ0v) is 9.79. The average Bonchev–Trinajstić information content (AvgIpc) is 2.21. The Kier molecular flexibility index (Phi) is 9.35. The molecule has 3 nitrogen and oxygen atoms in total. The minimum Gasteiger partial charge on any atom is -0.380 e.